The first-order chi connectivity index (χ1) is 19.2. The lowest BCUT2D eigenvalue weighted by atomic mass is 9.73. The molecular formula is C31H26BrClN2O5. The van der Waals surface area contributed by atoms with Crippen molar-refractivity contribution in [2.24, 2.45) is 23.7 Å². The van der Waals surface area contributed by atoms with Crippen molar-refractivity contribution in [1.82, 2.24) is 0 Å². The molecule has 0 unspecified atom stereocenters. The summed E-state index contributed by atoms with van der Waals surface area (Å²) in [6.07, 6.45) is 1.84. The van der Waals surface area contributed by atoms with Gasteiger partial charge in [-0.25, -0.2) is 4.79 Å². The van der Waals surface area contributed by atoms with Crippen LogP contribution in [-0.2, 0) is 19.1 Å². The zero-order valence-corrected chi connectivity index (χ0v) is 23.9. The van der Waals surface area contributed by atoms with Crippen LogP contribution in [0.4, 0.5) is 11.4 Å². The fourth-order valence-corrected chi connectivity index (χ4v) is 7.33. The molecule has 2 bridgehead atoms. The lowest BCUT2D eigenvalue weighted by molar-refractivity contribution is -0.123. The molecule has 204 valence electrons. The molecule has 5 atom stereocenters. The number of nitrogens with one attached hydrogen (secondary N) is 1. The number of rotatable bonds is 6. The summed E-state index contributed by atoms with van der Waals surface area (Å²) in [4.78, 5) is 53.1. The van der Waals surface area contributed by atoms with Crippen molar-refractivity contribution in [2.75, 3.05) is 16.8 Å². The van der Waals surface area contributed by atoms with E-state index in [9.17, 15) is 19.2 Å². The molecular weight excluding hydrogens is 596 g/mol. The third kappa shape index (κ3) is 4.53. The molecule has 0 radical (unpaired) electrons. The summed E-state index contributed by atoms with van der Waals surface area (Å²) in [5, 5.41) is 3.17. The number of ether oxygens (including phenoxy) is 1. The predicted molar refractivity (Wildman–Crippen MR) is 154 cm³/mol. The Balaban J connectivity index is 1.09. The van der Waals surface area contributed by atoms with Gasteiger partial charge in [-0.05, 0) is 101 Å². The number of anilines is 2. The molecule has 1 heterocycles. The van der Waals surface area contributed by atoms with E-state index in [0.29, 0.717) is 32.4 Å². The highest BCUT2D eigenvalue weighted by Crippen LogP contribution is 2.61. The Morgan fingerprint density at radius 3 is 2.40 bits per heavy atom. The summed E-state index contributed by atoms with van der Waals surface area (Å²) in [5.74, 6) is -1.41. The van der Waals surface area contributed by atoms with Crippen LogP contribution in [-0.4, -0.2) is 30.3 Å². The summed E-state index contributed by atoms with van der Waals surface area (Å²) in [7, 11) is 0. The first-order valence-electron chi connectivity index (χ1n) is 13.2. The molecule has 3 aliphatic rings. The lowest BCUT2D eigenvalue weighted by Crippen LogP contribution is -2.33. The molecule has 6 rings (SSSR count). The van der Waals surface area contributed by atoms with E-state index in [0.717, 1.165) is 12.8 Å². The highest BCUT2D eigenvalue weighted by molar-refractivity contribution is 9.10. The minimum atomic E-state index is -0.688. The molecule has 1 N–H and O–H groups in total. The van der Waals surface area contributed by atoms with Crippen molar-refractivity contribution < 1.29 is 23.9 Å². The highest BCUT2D eigenvalue weighted by Gasteiger charge is 2.64. The second-order valence-corrected chi connectivity index (χ2v) is 11.9. The molecule has 2 saturated carbocycles. The van der Waals surface area contributed by atoms with Gasteiger partial charge in [-0.1, -0.05) is 41.9 Å². The van der Waals surface area contributed by atoms with Crippen LogP contribution in [0.5, 0.6) is 0 Å². The van der Waals surface area contributed by atoms with Gasteiger partial charge < -0.3 is 10.1 Å². The minimum Gasteiger partial charge on any atom is -0.452 e. The fraction of sp³-hybridized carbons (Fsp3) is 0.290. The van der Waals surface area contributed by atoms with Gasteiger partial charge in [0.05, 0.1) is 28.1 Å². The second-order valence-electron chi connectivity index (χ2n) is 10.7. The average molecular weight is 622 g/mol. The Morgan fingerprint density at radius 2 is 1.68 bits per heavy atom. The normalized spacial score (nSPS) is 24.8. The topological polar surface area (TPSA) is 92.8 Å². The molecule has 3 aromatic rings. The number of imide groups is 1. The Bertz CT molecular complexity index is 1530. The SMILES string of the molecule is Cc1c(NC(=O)COC(=O)c2ccc(N3C(=O)[C@@H]4[C@@H]5C[C@@H]([C@@H]4C3=O)[C@@H](c3ccccc3)C5)cc2)ccc(Br)c1Cl. The quantitative estimate of drug-likeness (QED) is 0.264. The van der Waals surface area contributed by atoms with Gasteiger partial charge in [-0.3, -0.25) is 19.3 Å². The van der Waals surface area contributed by atoms with Crippen LogP contribution in [0.1, 0.15) is 40.2 Å². The maximum atomic E-state index is 13.5. The highest BCUT2D eigenvalue weighted by atomic mass is 79.9. The van der Waals surface area contributed by atoms with Crippen LogP contribution in [0.15, 0.2) is 71.2 Å². The van der Waals surface area contributed by atoms with Gasteiger partial charge in [-0.15, -0.1) is 0 Å². The van der Waals surface area contributed by atoms with Crippen LogP contribution in [0, 0.1) is 30.6 Å². The summed E-state index contributed by atoms with van der Waals surface area (Å²) in [6, 6.07) is 19.8. The average Bonchev–Trinajstić information content (AvgIpc) is 3.64. The lowest BCUT2D eigenvalue weighted by Gasteiger charge is -2.28. The van der Waals surface area contributed by atoms with Crippen molar-refractivity contribution in [3.63, 3.8) is 0 Å². The van der Waals surface area contributed by atoms with Gasteiger partial charge in [-0.2, -0.15) is 0 Å². The number of carbonyl (C=O) groups is 4. The smallest absolute Gasteiger partial charge is 0.338 e. The van der Waals surface area contributed by atoms with Crippen LogP contribution in [0.25, 0.3) is 0 Å². The van der Waals surface area contributed by atoms with Crippen molar-refractivity contribution in [3.8, 4) is 0 Å². The number of nitrogens with zero attached hydrogens (tertiary/aromatic N) is 1. The molecule has 3 amide bonds. The molecule has 1 saturated heterocycles. The number of carbonyl (C=O) groups excluding carboxylic acids is 4. The van der Waals surface area contributed by atoms with Crippen molar-refractivity contribution >= 4 is 62.6 Å². The largest absolute Gasteiger partial charge is 0.452 e. The summed E-state index contributed by atoms with van der Waals surface area (Å²) in [6.45, 7) is 1.29. The molecule has 0 aromatic heterocycles. The van der Waals surface area contributed by atoms with Crippen molar-refractivity contribution in [2.45, 2.75) is 25.7 Å². The maximum absolute atomic E-state index is 13.5. The maximum Gasteiger partial charge on any atom is 0.338 e. The Labute approximate surface area is 245 Å². The number of fused-ring (bicyclic) bond motifs is 5. The fourth-order valence-electron chi connectivity index (χ4n) is 6.73. The van der Waals surface area contributed by atoms with Crippen LogP contribution >= 0.6 is 27.5 Å². The number of hydrogen-bond donors (Lipinski definition) is 1. The molecule has 1 aliphatic heterocycles. The van der Waals surface area contributed by atoms with E-state index in [4.69, 9.17) is 16.3 Å². The third-order valence-electron chi connectivity index (χ3n) is 8.55. The second kappa shape index (κ2) is 10.5. The van der Waals surface area contributed by atoms with E-state index < -0.39 is 18.5 Å². The third-order valence-corrected chi connectivity index (χ3v) is 9.93. The molecule has 0 spiro atoms. The summed E-state index contributed by atoms with van der Waals surface area (Å²) < 4.78 is 5.89. The number of esters is 1. The molecule has 40 heavy (non-hydrogen) atoms. The minimum absolute atomic E-state index is 0.149. The molecule has 3 aromatic carbocycles. The summed E-state index contributed by atoms with van der Waals surface area (Å²) in [5.41, 5.74) is 3.09. The predicted octanol–water partition coefficient (Wildman–Crippen LogP) is 6.14. The van der Waals surface area contributed by atoms with Crippen LogP contribution in [0.2, 0.25) is 5.02 Å². The Morgan fingerprint density at radius 1 is 0.975 bits per heavy atom. The molecule has 3 fully saturated rings. The number of amides is 3. The van der Waals surface area contributed by atoms with Gasteiger partial charge in [0, 0.05) is 10.2 Å². The van der Waals surface area contributed by atoms with E-state index in [1.54, 1.807) is 31.2 Å². The molecule has 9 heteroatoms. The van der Waals surface area contributed by atoms with E-state index in [-0.39, 0.29) is 41.0 Å². The van der Waals surface area contributed by atoms with E-state index >= 15 is 0 Å². The summed E-state index contributed by atoms with van der Waals surface area (Å²) >= 11 is 9.53. The molecule has 7 nitrogen and oxygen atoms in total. The van der Waals surface area contributed by atoms with Crippen molar-refractivity contribution in [1.29, 1.82) is 0 Å². The van der Waals surface area contributed by atoms with Crippen LogP contribution < -0.4 is 10.2 Å². The standard InChI is InChI=1S/C31H26BrClN2O5/c1-16-24(12-11-23(32)28(16)33)34-25(36)15-40-31(39)18-7-9-20(10-8-18)35-29(37)26-19-13-21(17-5-3-2-4-6-17)22(14-19)27(26)30(35)38/h2-12,19,21-22,26-27H,13-15H2,1H3,(H,34,36)/t19-,21+,22+,26+,27-/m0/s1. The van der Waals surface area contributed by atoms with Crippen LogP contribution in [0.3, 0.4) is 0 Å². The first kappa shape index (κ1) is 26.7. The van der Waals surface area contributed by atoms with Gasteiger partial charge in [0.25, 0.3) is 5.91 Å². The van der Waals surface area contributed by atoms with E-state index in [1.165, 1.54) is 22.6 Å². The monoisotopic (exact) mass is 620 g/mol. The Kier molecular flexibility index (Phi) is 7.00. The van der Waals surface area contributed by atoms with Crippen molar-refractivity contribution in [3.05, 3.63) is 92.9 Å². The Hall–Kier alpha value is -3.49. The van der Waals surface area contributed by atoms with Gasteiger partial charge in [0.1, 0.15) is 0 Å². The number of halogens is 2. The van der Waals surface area contributed by atoms with Gasteiger partial charge >= 0.3 is 5.97 Å². The van der Waals surface area contributed by atoms with Gasteiger partial charge in [0.15, 0.2) is 6.61 Å². The first-order valence-corrected chi connectivity index (χ1v) is 14.4. The zero-order chi connectivity index (χ0) is 28.1. The zero-order valence-electron chi connectivity index (χ0n) is 21.6. The number of benzene rings is 3. The number of hydrogen-bond acceptors (Lipinski definition) is 5. The van der Waals surface area contributed by atoms with E-state index in [1.807, 2.05) is 18.2 Å². The molecule has 2 aliphatic carbocycles. The van der Waals surface area contributed by atoms with Gasteiger partial charge in [0.2, 0.25) is 11.8 Å². The van der Waals surface area contributed by atoms with E-state index in [2.05, 4.69) is 33.4 Å².